The molecule has 0 radical (unpaired) electrons. The van der Waals surface area contributed by atoms with E-state index in [1.165, 1.54) is 11.8 Å². The fraction of sp³-hybridized carbons (Fsp3) is 0.176. The molecule has 0 bridgehead atoms. The first kappa shape index (κ1) is 14.6. The fourth-order valence-corrected chi connectivity index (χ4v) is 1.84. The molecule has 21 heavy (non-hydrogen) atoms. The number of furan rings is 1. The number of carbonyl (C=O) groups is 1. The van der Waals surface area contributed by atoms with Crippen LogP contribution in [0.2, 0.25) is 0 Å². The highest BCUT2D eigenvalue weighted by Crippen LogP contribution is 2.10. The number of amides is 1. The van der Waals surface area contributed by atoms with E-state index in [-0.39, 0.29) is 12.1 Å². The van der Waals surface area contributed by atoms with E-state index in [2.05, 4.69) is 12.2 Å². The third-order valence-electron chi connectivity index (χ3n) is 3.07. The Labute approximate surface area is 123 Å². The Morgan fingerprint density at radius 1 is 1.33 bits per heavy atom. The summed E-state index contributed by atoms with van der Waals surface area (Å²) in [6.07, 6.45) is 4.08. The molecule has 1 amide bonds. The van der Waals surface area contributed by atoms with E-state index in [9.17, 15) is 4.79 Å². The fourth-order valence-electron chi connectivity index (χ4n) is 1.84. The zero-order chi connectivity index (χ0) is 15.1. The van der Waals surface area contributed by atoms with Crippen molar-refractivity contribution in [1.82, 2.24) is 5.32 Å². The molecule has 0 saturated carbocycles. The highest BCUT2D eigenvalue weighted by atomic mass is 16.3. The lowest BCUT2D eigenvalue weighted by atomic mass is 10.1. The number of hydrogen-bond donors (Lipinski definition) is 1. The van der Waals surface area contributed by atoms with Crippen molar-refractivity contribution in [3.05, 3.63) is 65.1 Å². The van der Waals surface area contributed by atoms with Gasteiger partial charge in [-0.3, -0.25) is 4.79 Å². The van der Waals surface area contributed by atoms with Crippen molar-refractivity contribution in [2.24, 2.45) is 0 Å². The maximum atomic E-state index is 12.0. The molecule has 0 fully saturated rings. The summed E-state index contributed by atoms with van der Waals surface area (Å²) in [5, 5.41) is 11.8. The van der Waals surface area contributed by atoms with E-state index in [1.807, 2.05) is 30.3 Å². The lowest BCUT2D eigenvalue weighted by Gasteiger charge is -2.02. The van der Waals surface area contributed by atoms with Gasteiger partial charge >= 0.3 is 0 Å². The van der Waals surface area contributed by atoms with Crippen LogP contribution in [-0.4, -0.2) is 5.91 Å². The number of nitrogens with one attached hydrogen (secondary N) is 1. The number of nitriles is 1. The Hall–Kier alpha value is -2.80. The average Bonchev–Trinajstić information content (AvgIpc) is 3.04. The second kappa shape index (κ2) is 7.11. The monoisotopic (exact) mass is 280 g/mol. The number of rotatable bonds is 5. The molecule has 0 aliphatic heterocycles. The van der Waals surface area contributed by atoms with E-state index in [4.69, 9.17) is 9.68 Å². The van der Waals surface area contributed by atoms with Crippen molar-refractivity contribution < 1.29 is 9.21 Å². The number of benzene rings is 1. The van der Waals surface area contributed by atoms with Gasteiger partial charge in [-0.1, -0.05) is 31.2 Å². The summed E-state index contributed by atoms with van der Waals surface area (Å²) < 4.78 is 5.12. The van der Waals surface area contributed by atoms with Crippen LogP contribution in [0.15, 0.2) is 52.7 Å². The largest absolute Gasteiger partial charge is 0.467 e. The van der Waals surface area contributed by atoms with E-state index in [0.29, 0.717) is 5.76 Å². The summed E-state index contributed by atoms with van der Waals surface area (Å²) in [6, 6.07) is 13.2. The van der Waals surface area contributed by atoms with E-state index in [1.54, 1.807) is 18.2 Å². The molecule has 4 nitrogen and oxygen atoms in total. The van der Waals surface area contributed by atoms with Crippen molar-refractivity contribution in [2.45, 2.75) is 19.9 Å². The molecule has 0 aliphatic rings. The Kier molecular flexibility index (Phi) is 4.94. The van der Waals surface area contributed by atoms with Gasteiger partial charge in [0.05, 0.1) is 12.8 Å². The van der Waals surface area contributed by atoms with Gasteiger partial charge in [0.1, 0.15) is 17.4 Å². The number of hydrogen-bond acceptors (Lipinski definition) is 3. The molecule has 0 atom stereocenters. The molecular formula is C17H16N2O2. The Balaban J connectivity index is 2.05. The standard InChI is InChI=1S/C17H16N2O2/c1-2-13-5-7-14(8-6-13)10-15(11-18)17(20)19-12-16-4-3-9-21-16/h3-10H,2,12H2,1H3,(H,19,20)/b15-10+. The van der Waals surface area contributed by atoms with Crippen LogP contribution in [-0.2, 0) is 17.8 Å². The van der Waals surface area contributed by atoms with Crippen LogP contribution in [0.4, 0.5) is 0 Å². The SMILES string of the molecule is CCc1ccc(/C=C(\C#N)C(=O)NCc2ccco2)cc1. The van der Waals surface area contributed by atoms with Crippen LogP contribution in [0.25, 0.3) is 6.08 Å². The summed E-state index contributed by atoms with van der Waals surface area (Å²) in [6.45, 7) is 2.34. The number of nitrogens with zero attached hydrogens (tertiary/aromatic N) is 1. The molecule has 106 valence electrons. The van der Waals surface area contributed by atoms with Crippen LogP contribution in [0, 0.1) is 11.3 Å². The molecule has 0 saturated heterocycles. The minimum Gasteiger partial charge on any atom is -0.467 e. The molecule has 2 rings (SSSR count). The maximum absolute atomic E-state index is 12.0. The molecule has 1 aromatic heterocycles. The van der Waals surface area contributed by atoms with E-state index >= 15 is 0 Å². The van der Waals surface area contributed by atoms with Gasteiger partial charge in [0.2, 0.25) is 0 Å². The van der Waals surface area contributed by atoms with Crippen LogP contribution >= 0.6 is 0 Å². The van der Waals surface area contributed by atoms with Gasteiger partial charge in [0.25, 0.3) is 5.91 Å². The van der Waals surface area contributed by atoms with Crippen molar-refractivity contribution in [3.63, 3.8) is 0 Å². The van der Waals surface area contributed by atoms with Crippen LogP contribution < -0.4 is 5.32 Å². The molecule has 0 unspecified atom stereocenters. The Bertz CT molecular complexity index is 662. The lowest BCUT2D eigenvalue weighted by molar-refractivity contribution is -0.117. The number of carbonyl (C=O) groups excluding carboxylic acids is 1. The Morgan fingerprint density at radius 2 is 2.10 bits per heavy atom. The molecule has 1 aromatic carbocycles. The summed E-state index contributed by atoms with van der Waals surface area (Å²) >= 11 is 0. The third kappa shape index (κ3) is 4.08. The molecule has 1 heterocycles. The van der Waals surface area contributed by atoms with E-state index in [0.717, 1.165) is 12.0 Å². The predicted molar refractivity (Wildman–Crippen MR) is 80.0 cm³/mol. The van der Waals surface area contributed by atoms with Gasteiger partial charge in [-0.05, 0) is 35.8 Å². The normalized spacial score (nSPS) is 11.0. The van der Waals surface area contributed by atoms with Crippen molar-refractivity contribution in [1.29, 1.82) is 5.26 Å². The smallest absolute Gasteiger partial charge is 0.262 e. The van der Waals surface area contributed by atoms with Gasteiger partial charge in [0.15, 0.2) is 0 Å². The molecule has 1 N–H and O–H groups in total. The molecular weight excluding hydrogens is 264 g/mol. The van der Waals surface area contributed by atoms with Gasteiger partial charge in [-0.2, -0.15) is 5.26 Å². The van der Waals surface area contributed by atoms with Gasteiger partial charge in [-0.15, -0.1) is 0 Å². The molecule has 4 heteroatoms. The van der Waals surface area contributed by atoms with Gasteiger partial charge < -0.3 is 9.73 Å². The zero-order valence-electron chi connectivity index (χ0n) is 11.8. The molecule has 2 aromatic rings. The van der Waals surface area contributed by atoms with Crippen molar-refractivity contribution in [2.75, 3.05) is 0 Å². The predicted octanol–water partition coefficient (Wildman–Crippen LogP) is 3.07. The molecule has 0 spiro atoms. The summed E-state index contributed by atoms with van der Waals surface area (Å²) in [5.74, 6) is 0.237. The first-order valence-electron chi connectivity index (χ1n) is 6.74. The Morgan fingerprint density at radius 3 is 2.67 bits per heavy atom. The zero-order valence-corrected chi connectivity index (χ0v) is 11.8. The highest BCUT2D eigenvalue weighted by molar-refractivity contribution is 6.01. The summed E-state index contributed by atoms with van der Waals surface area (Å²) in [7, 11) is 0. The van der Waals surface area contributed by atoms with Crippen LogP contribution in [0.3, 0.4) is 0 Å². The van der Waals surface area contributed by atoms with Gasteiger partial charge in [-0.25, -0.2) is 0 Å². The first-order valence-corrected chi connectivity index (χ1v) is 6.74. The van der Waals surface area contributed by atoms with Crippen molar-refractivity contribution in [3.8, 4) is 6.07 Å². The summed E-state index contributed by atoms with van der Waals surface area (Å²) in [4.78, 5) is 12.0. The quantitative estimate of drug-likeness (QED) is 0.676. The third-order valence-corrected chi connectivity index (χ3v) is 3.07. The molecule has 0 aliphatic carbocycles. The van der Waals surface area contributed by atoms with E-state index < -0.39 is 5.91 Å². The second-order valence-corrected chi connectivity index (χ2v) is 4.53. The topological polar surface area (TPSA) is 66.0 Å². The summed E-state index contributed by atoms with van der Waals surface area (Å²) in [5.41, 5.74) is 2.12. The second-order valence-electron chi connectivity index (χ2n) is 4.53. The number of aryl methyl sites for hydroxylation is 1. The maximum Gasteiger partial charge on any atom is 0.262 e. The van der Waals surface area contributed by atoms with Crippen LogP contribution in [0.1, 0.15) is 23.8 Å². The minimum absolute atomic E-state index is 0.0748. The highest BCUT2D eigenvalue weighted by Gasteiger charge is 2.09. The average molecular weight is 280 g/mol. The lowest BCUT2D eigenvalue weighted by Crippen LogP contribution is -2.23. The van der Waals surface area contributed by atoms with Crippen molar-refractivity contribution >= 4 is 12.0 Å². The first-order chi connectivity index (χ1) is 10.2. The minimum atomic E-state index is -0.409. The van der Waals surface area contributed by atoms with Crippen LogP contribution in [0.5, 0.6) is 0 Å². The van der Waals surface area contributed by atoms with Gasteiger partial charge in [0, 0.05) is 0 Å².